The van der Waals surface area contributed by atoms with E-state index in [9.17, 15) is 18.0 Å². The molecule has 0 bridgehead atoms. The molecule has 0 aliphatic carbocycles. The third-order valence-electron chi connectivity index (χ3n) is 4.99. The number of sulfonamides is 1. The lowest BCUT2D eigenvalue weighted by molar-refractivity contribution is -0.140. The zero-order valence-electron chi connectivity index (χ0n) is 20.6. The summed E-state index contributed by atoms with van der Waals surface area (Å²) in [4.78, 5) is 27.8. The maximum atomic E-state index is 13.5. The summed E-state index contributed by atoms with van der Waals surface area (Å²) in [7, 11) is -2.34. The molecule has 8 nitrogen and oxygen atoms in total. The molecule has 0 aliphatic heterocycles. The van der Waals surface area contributed by atoms with E-state index < -0.39 is 34.1 Å². The topological polar surface area (TPSA) is 96.0 Å². The van der Waals surface area contributed by atoms with Gasteiger partial charge in [-0.2, -0.15) is 0 Å². The van der Waals surface area contributed by atoms with Crippen LogP contribution in [0.4, 0.5) is 5.69 Å². The molecule has 11 heteroatoms. The van der Waals surface area contributed by atoms with Gasteiger partial charge in [-0.05, 0) is 63.6 Å². The molecule has 0 saturated carbocycles. The number of carbonyl (C=O) groups is 2. The van der Waals surface area contributed by atoms with Gasteiger partial charge >= 0.3 is 0 Å². The van der Waals surface area contributed by atoms with Crippen LogP contribution in [0.5, 0.6) is 5.75 Å². The molecule has 2 amide bonds. The van der Waals surface area contributed by atoms with Crippen molar-refractivity contribution >= 4 is 50.7 Å². The largest absolute Gasteiger partial charge is 0.497 e. The van der Waals surface area contributed by atoms with Crippen molar-refractivity contribution in [1.82, 2.24) is 10.2 Å². The third-order valence-corrected chi connectivity index (χ3v) is 6.57. The van der Waals surface area contributed by atoms with Gasteiger partial charge in [-0.1, -0.05) is 35.3 Å². The molecule has 2 aromatic carbocycles. The standard InChI is InChI=1S/C24H31Cl2N3O5S/c1-16(23(31)27-24(2,3)4)28(14-17-7-9-21(34-5)10-8-17)22(30)15-29(35(6,32)33)20-12-18(25)11-19(26)13-20/h7-13,16H,14-15H2,1-6H3,(H,27,31)/t16-/m1/s1. The maximum Gasteiger partial charge on any atom is 0.244 e. The maximum absolute atomic E-state index is 13.5. The van der Waals surface area contributed by atoms with E-state index in [0.717, 1.165) is 16.1 Å². The first-order chi connectivity index (χ1) is 16.1. The predicted molar refractivity (Wildman–Crippen MR) is 140 cm³/mol. The van der Waals surface area contributed by atoms with Crippen LogP contribution in [0.1, 0.15) is 33.3 Å². The fourth-order valence-corrected chi connectivity index (χ4v) is 4.63. The van der Waals surface area contributed by atoms with Crippen molar-refractivity contribution in [3.05, 3.63) is 58.1 Å². The Hall–Kier alpha value is -2.49. The zero-order valence-corrected chi connectivity index (χ0v) is 23.0. The fraction of sp³-hybridized carbons (Fsp3) is 0.417. The summed E-state index contributed by atoms with van der Waals surface area (Å²) in [6, 6.07) is 10.4. The number of carbonyl (C=O) groups excluding carboxylic acids is 2. The number of halogens is 2. The molecule has 0 unspecified atom stereocenters. The van der Waals surface area contributed by atoms with E-state index in [-0.39, 0.29) is 28.2 Å². The van der Waals surface area contributed by atoms with Crippen molar-refractivity contribution in [2.24, 2.45) is 0 Å². The van der Waals surface area contributed by atoms with Gasteiger partial charge < -0.3 is 15.0 Å². The highest BCUT2D eigenvalue weighted by molar-refractivity contribution is 7.92. The molecule has 1 N–H and O–H groups in total. The van der Waals surface area contributed by atoms with Gasteiger partial charge in [0.2, 0.25) is 21.8 Å². The van der Waals surface area contributed by atoms with Gasteiger partial charge in [0, 0.05) is 22.1 Å². The van der Waals surface area contributed by atoms with Gasteiger partial charge in [0.25, 0.3) is 0 Å². The number of amides is 2. The van der Waals surface area contributed by atoms with E-state index >= 15 is 0 Å². The first kappa shape index (κ1) is 28.7. The van der Waals surface area contributed by atoms with Gasteiger partial charge in [0.05, 0.1) is 19.1 Å². The number of hydrogen-bond acceptors (Lipinski definition) is 5. The van der Waals surface area contributed by atoms with Crippen molar-refractivity contribution in [1.29, 1.82) is 0 Å². The normalized spacial score (nSPS) is 12.6. The van der Waals surface area contributed by atoms with Crippen LogP contribution >= 0.6 is 23.2 Å². The van der Waals surface area contributed by atoms with Crippen LogP contribution in [0.2, 0.25) is 10.0 Å². The van der Waals surface area contributed by atoms with Crippen molar-refractivity contribution in [2.75, 3.05) is 24.2 Å². The number of methoxy groups -OCH3 is 1. The molecule has 0 fully saturated rings. The SMILES string of the molecule is COc1ccc(CN(C(=O)CN(c2cc(Cl)cc(Cl)c2)S(C)(=O)=O)[C@H](C)C(=O)NC(C)(C)C)cc1. The Morgan fingerprint density at radius 2 is 1.60 bits per heavy atom. The molecule has 1 atom stereocenters. The number of nitrogens with one attached hydrogen (secondary N) is 1. The number of rotatable bonds is 9. The molecule has 0 aromatic heterocycles. The second-order valence-electron chi connectivity index (χ2n) is 9.18. The summed E-state index contributed by atoms with van der Waals surface area (Å²) in [5, 5.41) is 3.32. The summed E-state index contributed by atoms with van der Waals surface area (Å²) in [5.74, 6) is -0.291. The van der Waals surface area contributed by atoms with Crippen LogP contribution in [0.3, 0.4) is 0 Å². The summed E-state index contributed by atoms with van der Waals surface area (Å²) in [6.07, 6.45) is 0.985. The smallest absolute Gasteiger partial charge is 0.244 e. The number of benzene rings is 2. The molecule has 0 saturated heterocycles. The molecular weight excluding hydrogens is 513 g/mol. The number of anilines is 1. The van der Waals surface area contributed by atoms with Crippen LogP contribution in [0.15, 0.2) is 42.5 Å². The van der Waals surface area contributed by atoms with E-state index in [2.05, 4.69) is 5.32 Å². The van der Waals surface area contributed by atoms with Crippen molar-refractivity contribution < 1.29 is 22.7 Å². The minimum Gasteiger partial charge on any atom is -0.497 e. The quantitative estimate of drug-likeness (QED) is 0.513. The lowest BCUT2D eigenvalue weighted by atomic mass is 10.1. The predicted octanol–water partition coefficient (Wildman–Crippen LogP) is 4.10. The Bertz CT molecular complexity index is 1140. The summed E-state index contributed by atoms with van der Waals surface area (Å²) in [6.45, 7) is 6.64. The number of hydrogen-bond donors (Lipinski definition) is 1. The Morgan fingerprint density at radius 1 is 1.06 bits per heavy atom. The van der Waals surface area contributed by atoms with Crippen LogP contribution in [0, 0.1) is 0 Å². The minimum absolute atomic E-state index is 0.0788. The van der Waals surface area contributed by atoms with Crippen molar-refractivity contribution in [3.8, 4) is 5.75 Å². The number of ether oxygens (including phenoxy) is 1. The average molecular weight is 545 g/mol. The minimum atomic E-state index is -3.89. The molecule has 0 spiro atoms. The zero-order chi connectivity index (χ0) is 26.6. The van der Waals surface area contributed by atoms with Crippen LogP contribution in [-0.2, 0) is 26.2 Å². The Morgan fingerprint density at radius 3 is 2.06 bits per heavy atom. The first-order valence-electron chi connectivity index (χ1n) is 10.8. The third kappa shape index (κ3) is 8.59. The van der Waals surface area contributed by atoms with E-state index in [1.165, 1.54) is 23.1 Å². The Balaban J connectivity index is 2.43. The second kappa shape index (κ2) is 11.5. The summed E-state index contributed by atoms with van der Waals surface area (Å²) < 4.78 is 31.3. The summed E-state index contributed by atoms with van der Waals surface area (Å²) in [5.41, 5.74) is 0.372. The lowest BCUT2D eigenvalue weighted by Gasteiger charge is -2.33. The Kier molecular flexibility index (Phi) is 9.44. The van der Waals surface area contributed by atoms with Crippen molar-refractivity contribution in [3.63, 3.8) is 0 Å². The highest BCUT2D eigenvalue weighted by Gasteiger charge is 2.31. The van der Waals surface area contributed by atoms with Gasteiger partial charge in [-0.25, -0.2) is 8.42 Å². The Labute approximate surface area is 217 Å². The molecular formula is C24H31Cl2N3O5S. The van der Waals surface area contributed by atoms with Crippen molar-refractivity contribution in [2.45, 2.75) is 45.8 Å². The highest BCUT2D eigenvalue weighted by atomic mass is 35.5. The molecule has 0 heterocycles. The van der Waals surface area contributed by atoms with Crippen LogP contribution in [0.25, 0.3) is 0 Å². The second-order valence-corrected chi connectivity index (χ2v) is 12.0. The molecule has 2 aromatic rings. The van der Waals surface area contributed by atoms with Gasteiger partial charge in [0.15, 0.2) is 0 Å². The molecule has 35 heavy (non-hydrogen) atoms. The first-order valence-corrected chi connectivity index (χ1v) is 13.4. The van der Waals surface area contributed by atoms with Crippen LogP contribution < -0.4 is 14.4 Å². The van der Waals surface area contributed by atoms with Gasteiger partial charge in [-0.3, -0.25) is 13.9 Å². The lowest BCUT2D eigenvalue weighted by Crippen LogP contribution is -2.54. The molecule has 2 rings (SSSR count). The highest BCUT2D eigenvalue weighted by Crippen LogP contribution is 2.27. The van der Waals surface area contributed by atoms with E-state index in [1.807, 2.05) is 20.8 Å². The molecule has 0 aliphatic rings. The van der Waals surface area contributed by atoms with E-state index in [0.29, 0.717) is 5.75 Å². The van der Waals surface area contributed by atoms with Gasteiger partial charge in [0.1, 0.15) is 18.3 Å². The van der Waals surface area contributed by atoms with Gasteiger partial charge in [-0.15, -0.1) is 0 Å². The van der Waals surface area contributed by atoms with E-state index in [1.54, 1.807) is 38.3 Å². The fourth-order valence-electron chi connectivity index (χ4n) is 3.28. The number of nitrogens with zero attached hydrogens (tertiary/aromatic N) is 2. The van der Waals surface area contributed by atoms with E-state index in [4.69, 9.17) is 27.9 Å². The molecule has 0 radical (unpaired) electrons. The average Bonchev–Trinajstić information content (AvgIpc) is 2.72. The van der Waals surface area contributed by atoms with Crippen LogP contribution in [-0.4, -0.2) is 56.6 Å². The molecule has 192 valence electrons. The monoisotopic (exact) mass is 543 g/mol. The summed E-state index contributed by atoms with van der Waals surface area (Å²) >= 11 is 12.1.